The van der Waals surface area contributed by atoms with Crippen molar-refractivity contribution in [1.82, 2.24) is 0 Å². The zero-order valence-corrected chi connectivity index (χ0v) is 15.0. The zero-order valence-electron chi connectivity index (χ0n) is 15.0. The van der Waals surface area contributed by atoms with E-state index in [4.69, 9.17) is 26.4 Å². The van der Waals surface area contributed by atoms with Gasteiger partial charge in [-0.1, -0.05) is 18.1 Å². The summed E-state index contributed by atoms with van der Waals surface area (Å²) in [5.74, 6) is 4.81. The topological polar surface area (TPSA) is 78.1 Å². The number of hydrogen-bond donors (Lipinski definition) is 2. The number of aliphatic imine (C=N–C) groups is 1. The molecule has 0 radical (unpaired) electrons. The number of methoxy groups -OCH3 is 2. The highest BCUT2D eigenvalue weighted by Crippen LogP contribution is 2.29. The van der Waals surface area contributed by atoms with Gasteiger partial charge in [0.25, 0.3) is 0 Å². The molecule has 0 aromatic heterocycles. The van der Waals surface area contributed by atoms with Gasteiger partial charge in [-0.25, -0.2) is 0 Å². The molecule has 3 N–H and O–H groups in total. The fraction of sp³-hybridized carbons (Fsp3) is 0.250. The first kappa shape index (κ1) is 19.0. The number of nitrogens with one attached hydrogen (secondary N) is 1. The van der Waals surface area contributed by atoms with E-state index in [9.17, 15) is 0 Å². The third-order valence-corrected chi connectivity index (χ3v) is 3.58. The average Bonchev–Trinajstić information content (AvgIpc) is 2.67. The number of ether oxygens (including phenoxy) is 3. The molecule has 26 heavy (non-hydrogen) atoms. The van der Waals surface area contributed by atoms with Crippen LogP contribution in [0.25, 0.3) is 0 Å². The normalized spacial score (nSPS) is 10.7. The molecule has 2 aromatic rings. The first-order chi connectivity index (χ1) is 12.7. The number of anilines is 1. The summed E-state index contributed by atoms with van der Waals surface area (Å²) in [5.41, 5.74) is 7.86. The van der Waals surface area contributed by atoms with Crippen LogP contribution in [0, 0.1) is 12.3 Å². The minimum Gasteiger partial charge on any atom is -0.493 e. The molecule has 2 aromatic carbocycles. The van der Waals surface area contributed by atoms with Gasteiger partial charge in [-0.05, 0) is 36.2 Å². The van der Waals surface area contributed by atoms with Crippen molar-refractivity contribution in [3.8, 4) is 29.6 Å². The Morgan fingerprint density at radius 1 is 1.12 bits per heavy atom. The Balaban J connectivity index is 1.87. The third kappa shape index (κ3) is 5.64. The van der Waals surface area contributed by atoms with Gasteiger partial charge in [-0.15, -0.1) is 6.42 Å². The van der Waals surface area contributed by atoms with Crippen LogP contribution < -0.4 is 25.3 Å². The Morgan fingerprint density at radius 2 is 1.85 bits per heavy atom. The third-order valence-electron chi connectivity index (χ3n) is 3.58. The van der Waals surface area contributed by atoms with Gasteiger partial charge >= 0.3 is 0 Å². The largest absolute Gasteiger partial charge is 0.493 e. The molecule has 0 fully saturated rings. The fourth-order valence-electron chi connectivity index (χ4n) is 2.28. The molecule has 0 amide bonds. The SMILES string of the molecule is C#CCOc1ccc(CCN=C(N)Nc2ccc(OC)c(OC)c2)cc1. The van der Waals surface area contributed by atoms with Crippen molar-refractivity contribution in [2.24, 2.45) is 10.7 Å². The lowest BCUT2D eigenvalue weighted by Crippen LogP contribution is -2.23. The van der Waals surface area contributed by atoms with Gasteiger partial charge in [-0.2, -0.15) is 0 Å². The molecule has 0 saturated carbocycles. The molecule has 0 aliphatic heterocycles. The van der Waals surface area contributed by atoms with Gasteiger partial charge in [0.05, 0.1) is 14.2 Å². The van der Waals surface area contributed by atoms with Gasteiger partial charge in [0.1, 0.15) is 12.4 Å². The van der Waals surface area contributed by atoms with E-state index >= 15 is 0 Å². The Hall–Kier alpha value is -3.33. The lowest BCUT2D eigenvalue weighted by Gasteiger charge is -2.11. The maximum atomic E-state index is 5.94. The minimum absolute atomic E-state index is 0.266. The van der Waals surface area contributed by atoms with Crippen molar-refractivity contribution in [2.45, 2.75) is 6.42 Å². The summed E-state index contributed by atoms with van der Waals surface area (Å²) in [6.45, 7) is 0.832. The smallest absolute Gasteiger partial charge is 0.193 e. The van der Waals surface area contributed by atoms with Crippen molar-refractivity contribution in [3.05, 3.63) is 48.0 Å². The van der Waals surface area contributed by atoms with E-state index in [0.29, 0.717) is 24.0 Å². The van der Waals surface area contributed by atoms with Gasteiger partial charge in [-0.3, -0.25) is 4.99 Å². The predicted molar refractivity (Wildman–Crippen MR) is 104 cm³/mol. The second-order valence-electron chi connectivity index (χ2n) is 5.35. The van der Waals surface area contributed by atoms with E-state index in [0.717, 1.165) is 23.4 Å². The van der Waals surface area contributed by atoms with Gasteiger partial charge in [0, 0.05) is 18.3 Å². The standard InChI is InChI=1S/C20H23N3O3/c1-4-13-26-17-8-5-15(6-9-17)11-12-22-20(21)23-16-7-10-18(24-2)19(14-16)25-3/h1,5-10,14H,11-13H2,2-3H3,(H3,21,22,23). The van der Waals surface area contributed by atoms with Crippen LogP contribution in [0.15, 0.2) is 47.5 Å². The molecular weight excluding hydrogens is 330 g/mol. The van der Waals surface area contributed by atoms with Crippen LogP contribution in [-0.2, 0) is 6.42 Å². The molecule has 0 unspecified atom stereocenters. The van der Waals surface area contributed by atoms with Crippen LogP contribution >= 0.6 is 0 Å². The molecular formula is C20H23N3O3. The number of hydrogen-bond acceptors (Lipinski definition) is 4. The quantitative estimate of drug-likeness (QED) is 0.433. The Morgan fingerprint density at radius 3 is 2.50 bits per heavy atom. The molecule has 0 bridgehead atoms. The van der Waals surface area contributed by atoms with Crippen molar-refractivity contribution in [1.29, 1.82) is 0 Å². The molecule has 136 valence electrons. The lowest BCUT2D eigenvalue weighted by atomic mass is 10.1. The second kappa shape index (κ2) is 9.84. The molecule has 0 aliphatic carbocycles. The molecule has 6 nitrogen and oxygen atoms in total. The maximum Gasteiger partial charge on any atom is 0.193 e. The van der Waals surface area contributed by atoms with Crippen LogP contribution in [0.2, 0.25) is 0 Å². The minimum atomic E-state index is 0.266. The number of terminal acetylenes is 1. The van der Waals surface area contributed by atoms with Crippen LogP contribution in [-0.4, -0.2) is 33.3 Å². The second-order valence-corrected chi connectivity index (χ2v) is 5.35. The highest BCUT2D eigenvalue weighted by atomic mass is 16.5. The van der Waals surface area contributed by atoms with Crippen molar-refractivity contribution in [2.75, 3.05) is 32.7 Å². The van der Waals surface area contributed by atoms with Gasteiger partial charge in [0.15, 0.2) is 17.5 Å². The van der Waals surface area contributed by atoms with Crippen LogP contribution in [0.4, 0.5) is 5.69 Å². The van der Waals surface area contributed by atoms with Gasteiger partial charge in [0.2, 0.25) is 0 Å². The maximum absolute atomic E-state index is 5.94. The summed E-state index contributed by atoms with van der Waals surface area (Å²) in [6.07, 6.45) is 5.93. The Kier molecular flexibility index (Phi) is 7.19. The van der Waals surface area contributed by atoms with Crippen LogP contribution in [0.3, 0.4) is 0 Å². The average molecular weight is 353 g/mol. The van der Waals surface area contributed by atoms with E-state index in [-0.39, 0.29) is 6.61 Å². The number of nitrogens with two attached hydrogens (primary N) is 1. The highest BCUT2D eigenvalue weighted by molar-refractivity contribution is 5.92. The Bertz CT molecular complexity index is 780. The Labute approximate surface area is 154 Å². The zero-order chi connectivity index (χ0) is 18.8. The molecule has 0 heterocycles. The summed E-state index contributed by atoms with van der Waals surface area (Å²) >= 11 is 0. The van der Waals surface area contributed by atoms with Crippen molar-refractivity contribution < 1.29 is 14.2 Å². The summed E-state index contributed by atoms with van der Waals surface area (Å²) < 4.78 is 15.8. The van der Waals surface area contributed by atoms with E-state index < -0.39 is 0 Å². The van der Waals surface area contributed by atoms with E-state index in [1.54, 1.807) is 26.4 Å². The van der Waals surface area contributed by atoms with E-state index in [1.807, 2.05) is 30.3 Å². The molecule has 0 spiro atoms. The van der Waals surface area contributed by atoms with E-state index in [1.165, 1.54) is 0 Å². The summed E-state index contributed by atoms with van der Waals surface area (Å²) in [7, 11) is 3.18. The molecule has 2 rings (SSSR count). The fourth-order valence-corrected chi connectivity index (χ4v) is 2.28. The first-order valence-corrected chi connectivity index (χ1v) is 8.10. The lowest BCUT2D eigenvalue weighted by molar-refractivity contribution is 0.355. The molecule has 0 saturated heterocycles. The monoisotopic (exact) mass is 353 g/mol. The number of nitrogens with zero attached hydrogens (tertiary/aromatic N) is 1. The number of rotatable bonds is 8. The number of guanidine groups is 1. The van der Waals surface area contributed by atoms with Gasteiger partial charge < -0.3 is 25.3 Å². The van der Waals surface area contributed by atoms with Crippen LogP contribution in [0.1, 0.15) is 5.56 Å². The summed E-state index contributed by atoms with van der Waals surface area (Å²) in [5, 5.41) is 3.04. The molecule has 0 aliphatic rings. The van der Waals surface area contributed by atoms with E-state index in [2.05, 4.69) is 16.2 Å². The van der Waals surface area contributed by atoms with Crippen molar-refractivity contribution in [3.63, 3.8) is 0 Å². The van der Waals surface area contributed by atoms with Crippen molar-refractivity contribution >= 4 is 11.6 Å². The highest BCUT2D eigenvalue weighted by Gasteiger charge is 2.05. The summed E-state index contributed by atoms with van der Waals surface area (Å²) in [6, 6.07) is 13.2. The molecule has 0 atom stereocenters. The van der Waals surface area contributed by atoms with Crippen LogP contribution in [0.5, 0.6) is 17.2 Å². The number of benzene rings is 2. The summed E-state index contributed by atoms with van der Waals surface area (Å²) in [4.78, 5) is 4.34. The predicted octanol–water partition coefficient (Wildman–Crippen LogP) is 2.69. The molecule has 6 heteroatoms. The first-order valence-electron chi connectivity index (χ1n) is 8.10.